The van der Waals surface area contributed by atoms with Crippen LogP contribution in [-0.4, -0.2) is 35.3 Å². The summed E-state index contributed by atoms with van der Waals surface area (Å²) in [6, 6.07) is 16.6. The van der Waals surface area contributed by atoms with Crippen LogP contribution in [0.25, 0.3) is 0 Å². The van der Waals surface area contributed by atoms with Crippen LogP contribution in [-0.2, 0) is 28.2 Å². The van der Waals surface area contributed by atoms with E-state index in [4.69, 9.17) is 0 Å². The Morgan fingerprint density at radius 3 is 1.18 bits per heavy atom. The number of nitrogens with zero attached hydrogens (tertiary/aromatic N) is 10. The van der Waals surface area contributed by atoms with Crippen LogP contribution in [0.4, 0.5) is 34.6 Å². The fourth-order valence-electron chi connectivity index (χ4n) is 4.33. The highest BCUT2D eigenvalue weighted by Crippen LogP contribution is 2.25. The van der Waals surface area contributed by atoms with E-state index in [1.807, 2.05) is 95.5 Å². The van der Waals surface area contributed by atoms with Gasteiger partial charge in [0.1, 0.15) is 11.4 Å². The van der Waals surface area contributed by atoms with Gasteiger partial charge in [-0.1, -0.05) is 10.2 Å². The van der Waals surface area contributed by atoms with Crippen molar-refractivity contribution in [2.24, 2.45) is 48.6 Å². The molecule has 10 heteroatoms. The Balaban J connectivity index is 0.00000200. The van der Waals surface area contributed by atoms with Gasteiger partial charge in [0.25, 0.3) is 0 Å². The van der Waals surface area contributed by atoms with E-state index in [2.05, 4.69) is 54.5 Å². The number of aromatic nitrogens is 4. The molecule has 3 heterocycles. The maximum atomic E-state index is 4.39. The highest BCUT2D eigenvalue weighted by Gasteiger charge is 2.18. The molecule has 0 spiro atoms. The fourth-order valence-corrected chi connectivity index (χ4v) is 4.33. The molecule has 1 aliphatic heterocycles. The van der Waals surface area contributed by atoms with Crippen molar-refractivity contribution < 1.29 is 9.13 Å². The minimum Gasteiger partial charge on any atom is -0.368 e. The Bertz CT molecular complexity index is 1230. The Morgan fingerprint density at radius 1 is 0.553 bits per heavy atom. The molecule has 38 heavy (non-hydrogen) atoms. The van der Waals surface area contributed by atoms with Gasteiger partial charge in [-0.05, 0) is 48.5 Å². The van der Waals surface area contributed by atoms with Gasteiger partial charge in [0.05, 0.1) is 53.0 Å². The quantitative estimate of drug-likeness (QED) is 0.205. The van der Waals surface area contributed by atoms with E-state index in [0.29, 0.717) is 0 Å². The average Bonchev–Trinajstić information content (AvgIpc) is 3.41. The molecule has 2 aromatic heterocycles. The smallest absolute Gasteiger partial charge is 0.368 e. The van der Waals surface area contributed by atoms with Crippen LogP contribution in [0.2, 0.25) is 0 Å². The van der Waals surface area contributed by atoms with Crippen LogP contribution in [0, 0.1) is 14.9 Å². The van der Waals surface area contributed by atoms with Crippen molar-refractivity contribution in [3.05, 3.63) is 88.2 Å². The third-order valence-corrected chi connectivity index (χ3v) is 6.51. The van der Waals surface area contributed by atoms with Crippen LogP contribution in [0.5, 0.6) is 0 Å². The molecule has 0 saturated carbocycles. The van der Waals surface area contributed by atoms with Crippen LogP contribution < -0.4 is 18.9 Å². The maximum absolute atomic E-state index is 4.39. The molecule has 0 bridgehead atoms. The number of imidazole rings is 2. The lowest BCUT2D eigenvalue weighted by Gasteiger charge is -2.37. The van der Waals surface area contributed by atoms with E-state index in [9.17, 15) is 0 Å². The predicted octanol–water partition coefficient (Wildman–Crippen LogP) is 5.07. The third kappa shape index (κ3) is 6.13. The standard InChI is InChI=1S/C26H32N10.2CH3/c1-31-13-14-32(2)25(31)29-27-21-5-9-23(10-6-21)35-17-19-36(20-18-35)24-11-7-22(8-12-24)28-30-26-33(3)15-16-34(26)4;;/h5-16H,17-20H2,1-4H3;2*1H3/q+2;2*-1. The van der Waals surface area contributed by atoms with Gasteiger partial charge < -0.3 is 24.7 Å². The van der Waals surface area contributed by atoms with E-state index in [1.165, 1.54) is 11.4 Å². The first-order valence-electron chi connectivity index (χ1n) is 12.0. The number of hydrogen-bond acceptors (Lipinski definition) is 6. The average molecular weight is 515 g/mol. The molecule has 0 N–H and O–H groups in total. The second kappa shape index (κ2) is 12.3. The summed E-state index contributed by atoms with van der Waals surface area (Å²) in [4.78, 5) is 4.83. The van der Waals surface area contributed by atoms with Crippen molar-refractivity contribution >= 4 is 34.6 Å². The number of benzene rings is 2. The van der Waals surface area contributed by atoms with Gasteiger partial charge >= 0.3 is 11.9 Å². The van der Waals surface area contributed by atoms with E-state index in [1.54, 1.807) is 0 Å². The first kappa shape index (κ1) is 28.2. The molecule has 10 nitrogen and oxygen atoms in total. The van der Waals surface area contributed by atoms with Crippen molar-refractivity contribution in [1.82, 2.24) is 9.13 Å². The molecule has 200 valence electrons. The molecule has 0 unspecified atom stereocenters. The lowest BCUT2D eigenvalue weighted by atomic mass is 10.2. The molecule has 0 radical (unpaired) electrons. The number of rotatable bonds is 6. The number of piperazine rings is 1. The van der Waals surface area contributed by atoms with Gasteiger partial charge in [-0.2, -0.15) is 0 Å². The maximum Gasteiger partial charge on any atom is 0.421 e. The molecule has 1 fully saturated rings. The molecular formula is C28H38N10. The summed E-state index contributed by atoms with van der Waals surface area (Å²) in [5.74, 6) is 1.60. The van der Waals surface area contributed by atoms with Gasteiger partial charge in [-0.25, -0.2) is 18.3 Å². The second-order valence-electron chi connectivity index (χ2n) is 9.05. The Kier molecular flexibility index (Phi) is 9.11. The van der Waals surface area contributed by atoms with Crippen molar-refractivity contribution in [3.8, 4) is 0 Å². The molecule has 2 aromatic carbocycles. The predicted molar refractivity (Wildman–Crippen MR) is 152 cm³/mol. The summed E-state index contributed by atoms with van der Waals surface area (Å²) < 4.78 is 7.78. The molecule has 1 aliphatic rings. The summed E-state index contributed by atoms with van der Waals surface area (Å²) in [6.07, 6.45) is 7.84. The zero-order valence-corrected chi connectivity index (χ0v) is 23.2. The first-order valence-corrected chi connectivity index (χ1v) is 12.0. The Morgan fingerprint density at radius 2 is 0.895 bits per heavy atom. The molecular weight excluding hydrogens is 476 g/mol. The first-order chi connectivity index (χ1) is 17.5. The third-order valence-electron chi connectivity index (χ3n) is 6.51. The van der Waals surface area contributed by atoms with Gasteiger partial charge in [-0.15, -0.1) is 0 Å². The van der Waals surface area contributed by atoms with E-state index >= 15 is 0 Å². The highest BCUT2D eigenvalue weighted by atomic mass is 15.3. The lowest BCUT2D eigenvalue weighted by molar-refractivity contribution is -0.657. The van der Waals surface area contributed by atoms with Crippen molar-refractivity contribution in [3.63, 3.8) is 0 Å². The number of hydrogen-bond donors (Lipinski definition) is 0. The van der Waals surface area contributed by atoms with Gasteiger partial charge in [-0.3, -0.25) is 0 Å². The SMILES string of the molecule is Cn1cc[n+](C)c1N=Nc1ccc(N2CCN(c3ccc(N=Nc4n(C)cc[n+]4C)cc3)CC2)cc1.[CH3-].[CH3-]. The second-order valence-corrected chi connectivity index (χ2v) is 9.05. The molecule has 0 aliphatic carbocycles. The zero-order valence-electron chi connectivity index (χ0n) is 23.2. The molecule has 5 rings (SSSR count). The Hall–Kier alpha value is -4.34. The van der Waals surface area contributed by atoms with Crippen molar-refractivity contribution in [1.29, 1.82) is 0 Å². The van der Waals surface area contributed by atoms with Crippen LogP contribution >= 0.6 is 0 Å². The Labute approximate surface area is 225 Å². The number of anilines is 2. The van der Waals surface area contributed by atoms with Gasteiger partial charge in [0, 0.05) is 47.8 Å². The highest BCUT2D eigenvalue weighted by molar-refractivity contribution is 5.56. The summed E-state index contributed by atoms with van der Waals surface area (Å²) in [7, 11) is 7.84. The molecule has 4 aromatic rings. The van der Waals surface area contributed by atoms with Crippen molar-refractivity contribution in [2.75, 3.05) is 36.0 Å². The molecule has 0 amide bonds. The summed E-state index contributed by atoms with van der Waals surface area (Å²) in [5, 5.41) is 17.5. The minimum absolute atomic E-state index is 0. The normalized spacial score (nSPS) is 13.7. The van der Waals surface area contributed by atoms with E-state index in [0.717, 1.165) is 49.5 Å². The molecule has 0 atom stereocenters. The van der Waals surface area contributed by atoms with Crippen molar-refractivity contribution in [2.45, 2.75) is 0 Å². The number of aryl methyl sites for hydroxylation is 4. The van der Waals surface area contributed by atoms with Crippen LogP contribution in [0.15, 0.2) is 93.8 Å². The monoisotopic (exact) mass is 514 g/mol. The van der Waals surface area contributed by atoms with Crippen LogP contribution in [0.3, 0.4) is 0 Å². The topological polar surface area (TPSA) is 73.5 Å². The largest absolute Gasteiger partial charge is 0.421 e. The fraction of sp³-hybridized carbons (Fsp3) is 0.286. The summed E-state index contributed by atoms with van der Waals surface area (Å²) in [5.41, 5.74) is 4.11. The van der Waals surface area contributed by atoms with E-state index in [-0.39, 0.29) is 14.9 Å². The summed E-state index contributed by atoms with van der Waals surface area (Å²) >= 11 is 0. The van der Waals surface area contributed by atoms with Gasteiger partial charge in [0.15, 0.2) is 0 Å². The zero-order chi connectivity index (χ0) is 25.1. The minimum atomic E-state index is 0. The van der Waals surface area contributed by atoms with E-state index < -0.39 is 0 Å². The van der Waals surface area contributed by atoms with Crippen LogP contribution in [0.1, 0.15) is 0 Å². The lowest BCUT2D eigenvalue weighted by Crippen LogP contribution is -2.46. The summed E-state index contributed by atoms with van der Waals surface area (Å²) in [6.45, 7) is 3.86. The molecule has 1 saturated heterocycles. The number of azo groups is 2. The van der Waals surface area contributed by atoms with Gasteiger partial charge in [0.2, 0.25) is 0 Å².